The minimum Gasteiger partial charge on any atom is -0.459 e. The zero-order valence-corrected chi connectivity index (χ0v) is 15.6. The van der Waals surface area contributed by atoms with Crippen LogP contribution in [0.4, 0.5) is 0 Å². The first kappa shape index (κ1) is 16.8. The number of piperazine rings is 1. The van der Waals surface area contributed by atoms with Gasteiger partial charge in [0.05, 0.1) is 11.8 Å². The summed E-state index contributed by atoms with van der Waals surface area (Å²) in [5, 5.41) is 1.02. The average Bonchev–Trinajstić information content (AvgIpc) is 3.27. The van der Waals surface area contributed by atoms with Crippen LogP contribution in [-0.4, -0.2) is 47.3 Å². The van der Waals surface area contributed by atoms with Crippen LogP contribution in [0.3, 0.4) is 0 Å². The Labute approximate surface area is 155 Å². The van der Waals surface area contributed by atoms with Gasteiger partial charge in [-0.2, -0.15) is 0 Å². The maximum absolute atomic E-state index is 13.2. The van der Waals surface area contributed by atoms with Crippen LogP contribution in [0, 0.1) is 6.92 Å². The Kier molecular flexibility index (Phi) is 4.28. The number of hydrogen-bond donors (Lipinski definition) is 0. The Morgan fingerprint density at radius 2 is 1.92 bits per heavy atom. The van der Waals surface area contributed by atoms with Crippen molar-refractivity contribution < 1.29 is 14.0 Å². The van der Waals surface area contributed by atoms with E-state index in [0.29, 0.717) is 25.4 Å². The lowest BCUT2D eigenvalue weighted by atomic mass is 10.1. The zero-order chi connectivity index (χ0) is 18.3. The van der Waals surface area contributed by atoms with Crippen molar-refractivity contribution in [2.45, 2.75) is 19.9 Å². The standard InChI is InChI=1S/C20H20N2O3S/c1-13-12-21(19(23)16-7-5-11-25-16)9-10-22(13)20(24)18-14(2)26-17-8-4-3-6-15(17)18/h3-8,11,13H,9-10,12H2,1-2H3. The molecule has 1 atom stereocenters. The third-order valence-electron chi connectivity index (χ3n) is 4.89. The highest BCUT2D eigenvalue weighted by molar-refractivity contribution is 7.19. The second-order valence-corrected chi connectivity index (χ2v) is 7.86. The van der Waals surface area contributed by atoms with Gasteiger partial charge in [-0.25, -0.2) is 0 Å². The van der Waals surface area contributed by atoms with E-state index < -0.39 is 0 Å². The molecule has 134 valence electrons. The molecule has 1 aromatic carbocycles. The Hall–Kier alpha value is -2.60. The molecule has 3 aromatic rings. The lowest BCUT2D eigenvalue weighted by molar-refractivity contribution is 0.0400. The van der Waals surface area contributed by atoms with Gasteiger partial charge in [0.15, 0.2) is 5.76 Å². The third-order valence-corrected chi connectivity index (χ3v) is 5.98. The fourth-order valence-corrected chi connectivity index (χ4v) is 4.63. The molecule has 1 unspecified atom stereocenters. The molecule has 0 saturated carbocycles. The molecule has 2 aromatic heterocycles. The zero-order valence-electron chi connectivity index (χ0n) is 14.8. The minimum absolute atomic E-state index is 0.0479. The molecule has 1 aliphatic heterocycles. The maximum Gasteiger partial charge on any atom is 0.289 e. The SMILES string of the molecule is Cc1sc2ccccc2c1C(=O)N1CCN(C(=O)c2ccco2)CC1C. The number of nitrogens with zero attached hydrogens (tertiary/aromatic N) is 2. The summed E-state index contributed by atoms with van der Waals surface area (Å²) in [4.78, 5) is 30.4. The minimum atomic E-state index is -0.119. The second kappa shape index (κ2) is 6.61. The topological polar surface area (TPSA) is 53.8 Å². The van der Waals surface area contributed by atoms with Gasteiger partial charge in [-0.15, -0.1) is 11.3 Å². The van der Waals surface area contributed by atoms with E-state index in [4.69, 9.17) is 4.42 Å². The number of amides is 2. The highest BCUT2D eigenvalue weighted by Gasteiger charge is 2.33. The fourth-order valence-electron chi connectivity index (χ4n) is 3.58. The molecule has 0 N–H and O–H groups in total. The molecular formula is C20H20N2O3S. The molecule has 1 fully saturated rings. The summed E-state index contributed by atoms with van der Waals surface area (Å²) in [6.07, 6.45) is 1.50. The predicted octanol–water partition coefficient (Wildman–Crippen LogP) is 3.79. The largest absolute Gasteiger partial charge is 0.459 e. The Balaban J connectivity index is 1.55. The summed E-state index contributed by atoms with van der Waals surface area (Å²) in [7, 11) is 0. The normalized spacial score (nSPS) is 17.7. The van der Waals surface area contributed by atoms with E-state index in [1.807, 2.05) is 43.0 Å². The van der Waals surface area contributed by atoms with Crippen LogP contribution in [0.15, 0.2) is 47.1 Å². The fraction of sp³-hybridized carbons (Fsp3) is 0.300. The van der Waals surface area contributed by atoms with Crippen LogP contribution < -0.4 is 0 Å². The maximum atomic E-state index is 13.2. The molecule has 1 aliphatic rings. The number of furan rings is 1. The predicted molar refractivity (Wildman–Crippen MR) is 102 cm³/mol. The molecule has 0 spiro atoms. The summed E-state index contributed by atoms with van der Waals surface area (Å²) in [5.41, 5.74) is 0.795. The van der Waals surface area contributed by atoms with Crippen LogP contribution in [0.25, 0.3) is 10.1 Å². The van der Waals surface area contributed by atoms with Crippen molar-refractivity contribution >= 4 is 33.2 Å². The Bertz CT molecular complexity index is 961. The van der Waals surface area contributed by atoms with E-state index in [2.05, 4.69) is 0 Å². The van der Waals surface area contributed by atoms with E-state index in [1.54, 1.807) is 28.4 Å². The van der Waals surface area contributed by atoms with Crippen LogP contribution in [0.2, 0.25) is 0 Å². The van der Waals surface area contributed by atoms with Gasteiger partial charge >= 0.3 is 0 Å². The smallest absolute Gasteiger partial charge is 0.289 e. The number of aryl methyl sites for hydroxylation is 1. The highest BCUT2D eigenvalue weighted by Crippen LogP contribution is 2.32. The Morgan fingerprint density at radius 1 is 1.12 bits per heavy atom. The number of carbonyl (C=O) groups excluding carboxylic acids is 2. The summed E-state index contributed by atoms with van der Waals surface area (Å²) in [5.74, 6) is 0.278. The summed E-state index contributed by atoms with van der Waals surface area (Å²) in [6.45, 7) is 5.53. The van der Waals surface area contributed by atoms with Crippen LogP contribution in [-0.2, 0) is 0 Å². The molecule has 3 heterocycles. The monoisotopic (exact) mass is 368 g/mol. The molecule has 0 aliphatic carbocycles. The number of benzene rings is 1. The number of hydrogen-bond acceptors (Lipinski definition) is 4. The number of fused-ring (bicyclic) bond motifs is 1. The highest BCUT2D eigenvalue weighted by atomic mass is 32.1. The first-order chi connectivity index (χ1) is 12.6. The van der Waals surface area contributed by atoms with E-state index in [0.717, 1.165) is 20.5 Å². The van der Waals surface area contributed by atoms with E-state index in [9.17, 15) is 9.59 Å². The van der Waals surface area contributed by atoms with Crippen molar-refractivity contribution in [3.05, 3.63) is 58.9 Å². The lowest BCUT2D eigenvalue weighted by Gasteiger charge is -2.39. The van der Waals surface area contributed by atoms with Crippen molar-refractivity contribution in [2.75, 3.05) is 19.6 Å². The quantitative estimate of drug-likeness (QED) is 0.691. The van der Waals surface area contributed by atoms with Crippen LogP contribution >= 0.6 is 11.3 Å². The van der Waals surface area contributed by atoms with E-state index in [-0.39, 0.29) is 17.9 Å². The molecule has 0 radical (unpaired) electrons. The summed E-state index contributed by atoms with van der Waals surface area (Å²) < 4.78 is 6.34. The van der Waals surface area contributed by atoms with Gasteiger partial charge in [-0.05, 0) is 32.0 Å². The van der Waals surface area contributed by atoms with Gasteiger partial charge in [0.2, 0.25) is 0 Å². The summed E-state index contributed by atoms with van der Waals surface area (Å²) in [6, 6.07) is 11.4. The molecule has 26 heavy (non-hydrogen) atoms. The van der Waals surface area contributed by atoms with Gasteiger partial charge in [0.1, 0.15) is 0 Å². The van der Waals surface area contributed by atoms with Gasteiger partial charge < -0.3 is 14.2 Å². The first-order valence-corrected chi connectivity index (χ1v) is 9.50. The van der Waals surface area contributed by atoms with E-state index in [1.165, 1.54) is 6.26 Å². The first-order valence-electron chi connectivity index (χ1n) is 8.68. The van der Waals surface area contributed by atoms with E-state index >= 15 is 0 Å². The van der Waals surface area contributed by atoms with Crippen molar-refractivity contribution in [2.24, 2.45) is 0 Å². The van der Waals surface area contributed by atoms with Crippen molar-refractivity contribution in [1.82, 2.24) is 9.80 Å². The van der Waals surface area contributed by atoms with Crippen LogP contribution in [0.1, 0.15) is 32.7 Å². The van der Waals surface area contributed by atoms with Crippen LogP contribution in [0.5, 0.6) is 0 Å². The van der Waals surface area contributed by atoms with Gasteiger partial charge in [-0.1, -0.05) is 18.2 Å². The molecule has 6 heteroatoms. The molecule has 0 bridgehead atoms. The lowest BCUT2D eigenvalue weighted by Crippen LogP contribution is -2.55. The van der Waals surface area contributed by atoms with Gasteiger partial charge in [0, 0.05) is 40.6 Å². The van der Waals surface area contributed by atoms with Crippen molar-refractivity contribution in [1.29, 1.82) is 0 Å². The van der Waals surface area contributed by atoms with Crippen molar-refractivity contribution in [3.8, 4) is 0 Å². The number of thiophene rings is 1. The van der Waals surface area contributed by atoms with Gasteiger partial charge in [0.25, 0.3) is 11.8 Å². The molecule has 4 rings (SSSR count). The van der Waals surface area contributed by atoms with Gasteiger partial charge in [-0.3, -0.25) is 9.59 Å². The average molecular weight is 368 g/mol. The molecule has 1 saturated heterocycles. The number of carbonyl (C=O) groups is 2. The molecular weight excluding hydrogens is 348 g/mol. The molecule has 5 nitrogen and oxygen atoms in total. The van der Waals surface area contributed by atoms with Crippen molar-refractivity contribution in [3.63, 3.8) is 0 Å². The summed E-state index contributed by atoms with van der Waals surface area (Å²) >= 11 is 1.65. The third kappa shape index (κ3) is 2.80. The Morgan fingerprint density at radius 3 is 2.65 bits per heavy atom. The second-order valence-electron chi connectivity index (χ2n) is 6.61. The number of rotatable bonds is 2. The molecule has 2 amide bonds.